The van der Waals surface area contributed by atoms with E-state index in [1.165, 1.54) is 0 Å². The maximum atomic E-state index is 6.02. The van der Waals surface area contributed by atoms with E-state index in [-0.39, 0.29) is 10.2 Å². The molecule has 0 aliphatic heterocycles. The van der Waals surface area contributed by atoms with Crippen molar-refractivity contribution in [1.82, 2.24) is 5.32 Å². The van der Waals surface area contributed by atoms with Gasteiger partial charge in [0, 0.05) is 10.7 Å². The molecule has 0 atom stereocenters. The molecular formula is C12H12ClN3S2. The van der Waals surface area contributed by atoms with E-state index < -0.39 is 0 Å². The van der Waals surface area contributed by atoms with Crippen LogP contribution in [-0.2, 0) is 0 Å². The van der Waals surface area contributed by atoms with Gasteiger partial charge in [-0.15, -0.1) is 0 Å². The van der Waals surface area contributed by atoms with Gasteiger partial charge in [-0.2, -0.15) is 0 Å². The van der Waals surface area contributed by atoms with Crippen molar-refractivity contribution in [2.75, 3.05) is 0 Å². The summed E-state index contributed by atoms with van der Waals surface area (Å²) in [5.74, 6) is 0. The van der Waals surface area contributed by atoms with E-state index in [9.17, 15) is 0 Å². The lowest BCUT2D eigenvalue weighted by Crippen LogP contribution is -2.32. The largest absolute Gasteiger partial charge is 0.376 e. The van der Waals surface area contributed by atoms with Gasteiger partial charge >= 0.3 is 0 Å². The Kier molecular flexibility index (Phi) is 5.91. The van der Waals surface area contributed by atoms with Crippen LogP contribution in [0.1, 0.15) is 12.5 Å². The van der Waals surface area contributed by atoms with Crippen LogP contribution in [0.4, 0.5) is 0 Å². The molecule has 0 heterocycles. The fourth-order valence-electron chi connectivity index (χ4n) is 1.15. The summed E-state index contributed by atoms with van der Waals surface area (Å²) in [7, 11) is 0. The number of aliphatic imine (C=N–C) groups is 1. The third-order valence-electron chi connectivity index (χ3n) is 1.92. The molecule has 3 N–H and O–H groups in total. The van der Waals surface area contributed by atoms with Crippen LogP contribution in [0.25, 0.3) is 6.08 Å². The summed E-state index contributed by atoms with van der Waals surface area (Å²) in [6.07, 6.45) is 3.68. The molecule has 1 aromatic carbocycles. The van der Waals surface area contributed by atoms with E-state index in [2.05, 4.69) is 22.5 Å². The van der Waals surface area contributed by atoms with Crippen LogP contribution in [0.3, 0.4) is 0 Å². The molecule has 0 fully saturated rings. The van der Waals surface area contributed by atoms with Crippen LogP contribution in [0.2, 0.25) is 5.02 Å². The number of nitrogens with two attached hydrogens (primary N) is 1. The molecule has 0 spiro atoms. The van der Waals surface area contributed by atoms with Crippen LogP contribution < -0.4 is 11.1 Å². The van der Waals surface area contributed by atoms with Crippen molar-refractivity contribution in [2.45, 2.75) is 6.92 Å². The van der Waals surface area contributed by atoms with Crippen LogP contribution in [-0.4, -0.2) is 15.9 Å². The van der Waals surface area contributed by atoms with E-state index in [0.29, 0.717) is 5.02 Å². The van der Waals surface area contributed by atoms with E-state index in [0.717, 1.165) is 11.3 Å². The molecule has 1 rings (SSSR count). The molecule has 1 aromatic rings. The Morgan fingerprint density at radius 3 is 2.67 bits per heavy atom. The molecule has 0 unspecified atom stereocenters. The number of halogens is 1. The highest BCUT2D eigenvalue weighted by Gasteiger charge is 1.96. The molecule has 0 saturated carbocycles. The van der Waals surface area contributed by atoms with Crippen molar-refractivity contribution in [2.24, 2.45) is 10.7 Å². The maximum absolute atomic E-state index is 6.02. The van der Waals surface area contributed by atoms with Gasteiger partial charge in [0.2, 0.25) is 0 Å². The monoisotopic (exact) mass is 297 g/mol. The minimum atomic E-state index is 0.103. The van der Waals surface area contributed by atoms with Crippen molar-refractivity contribution in [3.63, 3.8) is 0 Å². The van der Waals surface area contributed by atoms with Gasteiger partial charge in [0.05, 0.1) is 0 Å². The number of rotatable bonds is 2. The zero-order valence-corrected chi connectivity index (χ0v) is 12.1. The average Bonchev–Trinajstić information content (AvgIpc) is 2.26. The number of thiocarbonyl (C=S) groups is 2. The van der Waals surface area contributed by atoms with Gasteiger partial charge in [-0.1, -0.05) is 35.9 Å². The smallest absolute Gasteiger partial charge is 0.199 e. The van der Waals surface area contributed by atoms with Gasteiger partial charge in [0.15, 0.2) is 10.2 Å². The average molecular weight is 298 g/mol. The van der Waals surface area contributed by atoms with Crippen LogP contribution in [0.15, 0.2) is 35.3 Å². The van der Waals surface area contributed by atoms with E-state index in [1.807, 2.05) is 43.3 Å². The van der Waals surface area contributed by atoms with Gasteiger partial charge in [-0.05, 0) is 49.1 Å². The number of benzene rings is 1. The third-order valence-corrected chi connectivity index (χ3v) is 2.56. The zero-order chi connectivity index (χ0) is 13.5. The van der Waals surface area contributed by atoms with Crippen molar-refractivity contribution in [1.29, 1.82) is 0 Å². The molecular weight excluding hydrogens is 286 g/mol. The van der Waals surface area contributed by atoms with Gasteiger partial charge < -0.3 is 11.1 Å². The van der Waals surface area contributed by atoms with Gasteiger partial charge in [-0.3, -0.25) is 0 Å². The predicted molar refractivity (Wildman–Crippen MR) is 86.1 cm³/mol. The van der Waals surface area contributed by atoms with Gasteiger partial charge in [0.25, 0.3) is 0 Å². The highest BCUT2D eigenvalue weighted by Crippen LogP contribution is 2.16. The first kappa shape index (κ1) is 14.8. The van der Waals surface area contributed by atoms with Crippen molar-refractivity contribution in [3.8, 4) is 0 Å². The molecule has 0 aliphatic carbocycles. The molecule has 0 bridgehead atoms. The molecule has 6 heteroatoms. The number of nitrogens with one attached hydrogen (secondary N) is 1. The number of nitrogens with zero attached hydrogens (tertiary/aromatic N) is 1. The fraction of sp³-hybridized carbons (Fsp3) is 0.0833. The quantitative estimate of drug-likeness (QED) is 0.651. The second-order valence-electron chi connectivity index (χ2n) is 3.40. The summed E-state index contributed by atoms with van der Waals surface area (Å²) >= 11 is 15.6. The van der Waals surface area contributed by atoms with Gasteiger partial charge in [-0.25, -0.2) is 4.99 Å². The molecule has 0 aliphatic rings. The highest BCUT2D eigenvalue weighted by atomic mass is 35.5. The summed E-state index contributed by atoms with van der Waals surface area (Å²) in [5, 5.41) is 3.60. The topological polar surface area (TPSA) is 50.4 Å². The molecule has 18 heavy (non-hydrogen) atoms. The first-order valence-corrected chi connectivity index (χ1v) is 6.27. The fourth-order valence-corrected chi connectivity index (χ4v) is 1.77. The molecule has 3 nitrogen and oxygen atoms in total. The number of allylic oxidation sites excluding steroid dienone is 1. The number of hydrogen-bond donors (Lipinski definition) is 2. The summed E-state index contributed by atoms with van der Waals surface area (Å²) in [5.41, 5.74) is 6.93. The lowest BCUT2D eigenvalue weighted by molar-refractivity contribution is 1.35. The lowest BCUT2D eigenvalue weighted by Gasteiger charge is -2.00. The Balaban J connectivity index is 2.73. The van der Waals surface area contributed by atoms with Gasteiger partial charge in [0.1, 0.15) is 0 Å². The minimum absolute atomic E-state index is 0.103. The summed E-state index contributed by atoms with van der Waals surface area (Å²) in [4.78, 5) is 4.10. The molecule has 0 saturated heterocycles. The number of hydrogen-bond acceptors (Lipinski definition) is 2. The van der Waals surface area contributed by atoms with Crippen molar-refractivity contribution >= 4 is 58.0 Å². The zero-order valence-electron chi connectivity index (χ0n) is 9.68. The van der Waals surface area contributed by atoms with Crippen LogP contribution in [0.5, 0.6) is 0 Å². The summed E-state index contributed by atoms with van der Waals surface area (Å²) in [6.45, 7) is 1.82. The maximum Gasteiger partial charge on any atom is 0.199 e. The Labute approximate surface area is 122 Å². The summed E-state index contributed by atoms with van der Waals surface area (Å²) < 4.78 is 0. The highest BCUT2D eigenvalue weighted by molar-refractivity contribution is 7.81. The molecule has 94 valence electrons. The summed E-state index contributed by atoms with van der Waals surface area (Å²) in [6, 6.07) is 7.53. The Hall–Kier alpha value is -1.30. The Morgan fingerprint density at radius 1 is 1.39 bits per heavy atom. The lowest BCUT2D eigenvalue weighted by atomic mass is 10.2. The third kappa shape index (κ3) is 5.35. The first-order chi connectivity index (χ1) is 8.49. The van der Waals surface area contributed by atoms with E-state index in [4.69, 9.17) is 29.6 Å². The normalized spacial score (nSPS) is 11.6. The van der Waals surface area contributed by atoms with E-state index >= 15 is 0 Å². The van der Waals surface area contributed by atoms with Crippen LogP contribution in [0, 0.1) is 0 Å². The second kappa shape index (κ2) is 7.20. The SMILES string of the molecule is CC(C=Cc1ccccc1Cl)=NC(=S)NC(N)=S. The molecule has 0 amide bonds. The van der Waals surface area contributed by atoms with E-state index in [1.54, 1.807) is 0 Å². The first-order valence-electron chi connectivity index (χ1n) is 5.07. The molecule has 0 radical (unpaired) electrons. The second-order valence-corrected chi connectivity index (χ2v) is 4.64. The van der Waals surface area contributed by atoms with Crippen molar-refractivity contribution < 1.29 is 0 Å². The minimum Gasteiger partial charge on any atom is -0.376 e. The predicted octanol–water partition coefficient (Wildman–Crippen LogP) is 2.93. The standard InChI is InChI=1S/C12H12ClN3S2/c1-8(15-12(18)16-11(14)17)6-7-9-4-2-3-5-10(9)13/h2-7H,1H3,(H3,14,16,17,18). The van der Waals surface area contributed by atoms with Crippen LogP contribution >= 0.6 is 36.0 Å². The Bertz CT molecular complexity index is 524. The van der Waals surface area contributed by atoms with Crippen molar-refractivity contribution in [3.05, 3.63) is 40.9 Å². The molecule has 0 aromatic heterocycles. The Morgan fingerprint density at radius 2 is 2.06 bits per heavy atom.